The highest BCUT2D eigenvalue weighted by atomic mass is 32.2. The van der Waals surface area contributed by atoms with Crippen molar-refractivity contribution in [1.29, 1.82) is 0 Å². The summed E-state index contributed by atoms with van der Waals surface area (Å²) >= 11 is 1.98. The van der Waals surface area contributed by atoms with E-state index in [0.29, 0.717) is 4.75 Å². The molecule has 1 fully saturated rings. The molecule has 0 bridgehead atoms. The molecule has 5 nitrogen and oxygen atoms in total. The summed E-state index contributed by atoms with van der Waals surface area (Å²) in [5, 5.41) is 10.3. The smallest absolute Gasteiger partial charge is 0.191 e. The molecule has 0 atom stereocenters. The monoisotopic (exact) mass is 383 g/mol. The third kappa shape index (κ3) is 6.79. The Morgan fingerprint density at radius 3 is 2.52 bits per heavy atom. The number of nitrogens with one attached hydrogen (secondary N) is 3. The van der Waals surface area contributed by atoms with Gasteiger partial charge in [0.1, 0.15) is 5.82 Å². The molecule has 1 aliphatic carbocycles. The van der Waals surface area contributed by atoms with Gasteiger partial charge in [0.2, 0.25) is 0 Å². The van der Waals surface area contributed by atoms with Crippen LogP contribution in [-0.2, 0) is 0 Å². The molecule has 0 radical (unpaired) electrons. The number of benzene rings is 1. The van der Waals surface area contributed by atoms with E-state index in [4.69, 9.17) is 0 Å². The van der Waals surface area contributed by atoms with E-state index >= 15 is 0 Å². The summed E-state index contributed by atoms with van der Waals surface area (Å²) in [6.07, 6.45) is 6.51. The Kier molecular flexibility index (Phi) is 7.39. The van der Waals surface area contributed by atoms with Crippen LogP contribution in [-0.4, -0.2) is 42.4 Å². The highest BCUT2D eigenvalue weighted by Crippen LogP contribution is 2.51. The number of aliphatic imine (C=N–C) groups is 1. The lowest BCUT2D eigenvalue weighted by Crippen LogP contribution is -2.41. The fraction of sp³-hybridized carbons (Fsp3) is 0.429. The highest BCUT2D eigenvalue weighted by molar-refractivity contribution is 8.01. The van der Waals surface area contributed by atoms with Crippen LogP contribution >= 0.6 is 11.8 Å². The highest BCUT2D eigenvalue weighted by Gasteiger charge is 2.43. The van der Waals surface area contributed by atoms with Crippen molar-refractivity contribution in [3.8, 4) is 0 Å². The number of unbranched alkanes of at least 4 members (excludes halogenated alkanes) is 1. The Morgan fingerprint density at radius 2 is 1.81 bits per heavy atom. The number of anilines is 1. The summed E-state index contributed by atoms with van der Waals surface area (Å²) < 4.78 is 0.325. The number of hydrogen-bond acceptors (Lipinski definition) is 4. The predicted molar refractivity (Wildman–Crippen MR) is 116 cm³/mol. The summed E-state index contributed by atoms with van der Waals surface area (Å²) in [6.45, 7) is 2.80. The maximum atomic E-state index is 4.35. The first-order valence-electron chi connectivity index (χ1n) is 9.63. The summed E-state index contributed by atoms with van der Waals surface area (Å²) in [4.78, 5) is 9.96. The Morgan fingerprint density at radius 1 is 1.04 bits per heavy atom. The number of pyridine rings is 1. The molecule has 6 heteroatoms. The largest absolute Gasteiger partial charge is 0.370 e. The van der Waals surface area contributed by atoms with E-state index in [9.17, 15) is 0 Å². The zero-order valence-electron chi connectivity index (χ0n) is 15.9. The van der Waals surface area contributed by atoms with Crippen molar-refractivity contribution in [1.82, 2.24) is 15.6 Å². The van der Waals surface area contributed by atoms with Crippen molar-refractivity contribution in [2.75, 3.05) is 32.0 Å². The van der Waals surface area contributed by atoms with Gasteiger partial charge in [-0.1, -0.05) is 24.3 Å². The average molecular weight is 384 g/mol. The molecule has 1 aromatic carbocycles. The zero-order valence-corrected chi connectivity index (χ0v) is 16.8. The molecule has 0 aliphatic heterocycles. The van der Waals surface area contributed by atoms with Crippen LogP contribution in [0.25, 0.3) is 0 Å². The Balaban J connectivity index is 1.29. The fourth-order valence-corrected chi connectivity index (χ4v) is 4.04. The number of guanidine groups is 1. The number of hydrogen-bond donors (Lipinski definition) is 3. The Labute approximate surface area is 166 Å². The number of nitrogens with zero attached hydrogens (tertiary/aromatic N) is 2. The van der Waals surface area contributed by atoms with Gasteiger partial charge in [0.15, 0.2) is 5.96 Å². The van der Waals surface area contributed by atoms with Crippen LogP contribution in [0.15, 0.2) is 64.6 Å². The van der Waals surface area contributed by atoms with Crippen LogP contribution in [0.1, 0.15) is 25.7 Å². The fourth-order valence-electron chi connectivity index (χ4n) is 2.80. The molecule has 1 aromatic heterocycles. The molecule has 27 heavy (non-hydrogen) atoms. The van der Waals surface area contributed by atoms with Crippen molar-refractivity contribution in [2.45, 2.75) is 35.3 Å². The molecule has 1 heterocycles. The van der Waals surface area contributed by atoms with Crippen molar-refractivity contribution < 1.29 is 0 Å². The average Bonchev–Trinajstić information content (AvgIpc) is 3.48. The summed E-state index contributed by atoms with van der Waals surface area (Å²) in [7, 11) is 1.84. The molecule has 3 rings (SSSR count). The molecule has 0 saturated heterocycles. The minimum absolute atomic E-state index is 0.325. The molecule has 144 valence electrons. The van der Waals surface area contributed by atoms with Gasteiger partial charge in [-0.25, -0.2) is 4.98 Å². The molecule has 0 unspecified atom stereocenters. The standard InChI is InChI=1S/C21H29N5S/c1-22-20(25-16-8-7-15-24-19-11-5-6-14-23-19)26-17-21(12-13-21)27-18-9-3-2-4-10-18/h2-6,9-11,14H,7-8,12-13,15-17H2,1H3,(H,23,24)(H2,22,25,26). The molecule has 1 saturated carbocycles. The quantitative estimate of drug-likeness (QED) is 0.331. The first-order chi connectivity index (χ1) is 13.3. The van der Waals surface area contributed by atoms with Crippen LogP contribution in [0, 0.1) is 0 Å². The van der Waals surface area contributed by atoms with Gasteiger partial charge < -0.3 is 16.0 Å². The second-order valence-corrected chi connectivity index (χ2v) is 8.34. The van der Waals surface area contributed by atoms with E-state index < -0.39 is 0 Å². The van der Waals surface area contributed by atoms with E-state index in [-0.39, 0.29) is 0 Å². The second-order valence-electron chi connectivity index (χ2n) is 6.80. The summed E-state index contributed by atoms with van der Waals surface area (Å²) in [6, 6.07) is 16.6. The maximum absolute atomic E-state index is 4.35. The lowest BCUT2D eigenvalue weighted by Gasteiger charge is -2.18. The molecule has 1 aliphatic rings. The van der Waals surface area contributed by atoms with Gasteiger partial charge in [-0.2, -0.15) is 0 Å². The van der Waals surface area contributed by atoms with Gasteiger partial charge in [-0.3, -0.25) is 4.99 Å². The lowest BCUT2D eigenvalue weighted by molar-refractivity contribution is 0.704. The lowest BCUT2D eigenvalue weighted by atomic mass is 10.3. The van der Waals surface area contributed by atoms with E-state index in [1.54, 1.807) is 0 Å². The minimum Gasteiger partial charge on any atom is -0.370 e. The molecule has 0 spiro atoms. The van der Waals surface area contributed by atoms with Crippen LogP contribution in [0.5, 0.6) is 0 Å². The van der Waals surface area contributed by atoms with Crippen molar-refractivity contribution >= 4 is 23.5 Å². The van der Waals surface area contributed by atoms with Crippen LogP contribution in [0.2, 0.25) is 0 Å². The number of thioether (sulfide) groups is 1. The molecule has 3 N–H and O–H groups in total. The second kappa shape index (κ2) is 10.2. The molecule has 0 amide bonds. The van der Waals surface area contributed by atoms with E-state index in [1.165, 1.54) is 17.7 Å². The van der Waals surface area contributed by atoms with Crippen LogP contribution < -0.4 is 16.0 Å². The van der Waals surface area contributed by atoms with Gasteiger partial charge in [0.25, 0.3) is 0 Å². The third-order valence-corrected chi connectivity index (χ3v) is 6.05. The number of rotatable bonds is 10. The topological polar surface area (TPSA) is 61.3 Å². The van der Waals surface area contributed by atoms with Crippen molar-refractivity contribution in [3.63, 3.8) is 0 Å². The van der Waals surface area contributed by atoms with Crippen molar-refractivity contribution in [2.24, 2.45) is 4.99 Å². The normalized spacial score (nSPS) is 15.2. The summed E-state index contributed by atoms with van der Waals surface area (Å²) in [5.41, 5.74) is 0. The predicted octanol–water partition coefficient (Wildman–Crippen LogP) is 3.76. The Hall–Kier alpha value is -2.21. The Bertz CT molecular complexity index is 701. The molecule has 2 aromatic rings. The van der Waals surface area contributed by atoms with Gasteiger partial charge >= 0.3 is 0 Å². The maximum Gasteiger partial charge on any atom is 0.191 e. The van der Waals surface area contributed by atoms with Gasteiger partial charge in [0, 0.05) is 42.5 Å². The van der Waals surface area contributed by atoms with E-state index in [2.05, 4.69) is 56.3 Å². The molecular weight excluding hydrogens is 354 g/mol. The third-order valence-electron chi connectivity index (χ3n) is 4.55. The SMILES string of the molecule is CN=C(NCCCCNc1ccccn1)NCC1(Sc2ccccc2)CC1. The van der Waals surface area contributed by atoms with Gasteiger partial charge in [-0.15, -0.1) is 11.8 Å². The zero-order chi connectivity index (χ0) is 18.8. The van der Waals surface area contributed by atoms with Gasteiger partial charge in [-0.05, 0) is 49.9 Å². The molecular formula is C21H29N5S. The van der Waals surface area contributed by atoms with Gasteiger partial charge in [0.05, 0.1) is 0 Å². The van der Waals surface area contributed by atoms with Crippen molar-refractivity contribution in [3.05, 3.63) is 54.7 Å². The first-order valence-corrected chi connectivity index (χ1v) is 10.4. The summed E-state index contributed by atoms with van der Waals surface area (Å²) in [5.74, 6) is 1.83. The van der Waals surface area contributed by atoms with E-state index in [0.717, 1.165) is 44.3 Å². The minimum atomic E-state index is 0.325. The number of aromatic nitrogens is 1. The van der Waals surface area contributed by atoms with Crippen LogP contribution in [0.4, 0.5) is 5.82 Å². The van der Waals surface area contributed by atoms with E-state index in [1.807, 2.05) is 43.2 Å². The first kappa shape index (κ1) is 19.5. The van der Waals surface area contributed by atoms with Crippen LogP contribution in [0.3, 0.4) is 0 Å².